The van der Waals surface area contributed by atoms with Crippen LogP contribution in [0.25, 0.3) is 0 Å². The van der Waals surface area contributed by atoms with Gasteiger partial charge in [-0.1, -0.05) is 13.8 Å². The summed E-state index contributed by atoms with van der Waals surface area (Å²) in [6, 6.07) is 2.65. The molecule has 0 spiro atoms. The van der Waals surface area contributed by atoms with Crippen molar-refractivity contribution >= 4 is 15.8 Å². The molecule has 0 aliphatic carbocycles. The van der Waals surface area contributed by atoms with Crippen molar-refractivity contribution in [2.45, 2.75) is 24.8 Å². The van der Waals surface area contributed by atoms with Crippen LogP contribution in [0.1, 0.15) is 13.8 Å². The minimum absolute atomic E-state index is 0.00764. The van der Waals surface area contributed by atoms with Crippen LogP contribution < -0.4 is 10.5 Å². The van der Waals surface area contributed by atoms with Crippen LogP contribution in [0.4, 0.5) is 5.82 Å². The van der Waals surface area contributed by atoms with E-state index in [9.17, 15) is 8.42 Å². The molecule has 7 heteroatoms. The Balaban J connectivity index is 2.97. The van der Waals surface area contributed by atoms with Crippen molar-refractivity contribution in [1.29, 1.82) is 0 Å². The number of nitrogens with zero attached hydrogens (tertiary/aromatic N) is 1. The molecule has 1 heterocycles. The van der Waals surface area contributed by atoms with Crippen molar-refractivity contribution in [3.63, 3.8) is 0 Å². The van der Waals surface area contributed by atoms with Gasteiger partial charge in [-0.05, 0) is 18.1 Å². The quantitative estimate of drug-likeness (QED) is 0.792. The molecule has 0 aromatic carbocycles. The van der Waals surface area contributed by atoms with Crippen LogP contribution >= 0.6 is 0 Å². The first-order chi connectivity index (χ1) is 8.38. The largest absolute Gasteiger partial charge is 0.383 e. The number of rotatable bonds is 6. The molecular formula is C11H19N3O3S. The van der Waals surface area contributed by atoms with Gasteiger partial charge in [0.05, 0.1) is 6.61 Å². The maximum Gasteiger partial charge on any atom is 0.244 e. The zero-order chi connectivity index (χ0) is 13.8. The van der Waals surface area contributed by atoms with Gasteiger partial charge in [-0.2, -0.15) is 0 Å². The number of pyridine rings is 1. The van der Waals surface area contributed by atoms with Gasteiger partial charge in [0.25, 0.3) is 0 Å². The first kappa shape index (κ1) is 14.9. The number of sulfonamides is 1. The molecule has 0 radical (unpaired) electrons. The number of ether oxygens (including phenoxy) is 1. The highest BCUT2D eigenvalue weighted by Crippen LogP contribution is 2.16. The number of nitrogens with two attached hydrogens (primary N) is 1. The van der Waals surface area contributed by atoms with E-state index in [2.05, 4.69) is 9.71 Å². The molecular weight excluding hydrogens is 254 g/mol. The minimum atomic E-state index is -3.67. The van der Waals surface area contributed by atoms with E-state index in [-0.39, 0.29) is 22.7 Å². The molecule has 1 atom stereocenters. The molecule has 3 N–H and O–H groups in total. The van der Waals surface area contributed by atoms with E-state index in [1.54, 1.807) is 0 Å². The van der Waals surface area contributed by atoms with Crippen molar-refractivity contribution in [1.82, 2.24) is 9.71 Å². The van der Waals surface area contributed by atoms with Crippen molar-refractivity contribution < 1.29 is 13.2 Å². The van der Waals surface area contributed by atoms with Gasteiger partial charge in [-0.25, -0.2) is 18.1 Å². The lowest BCUT2D eigenvalue weighted by atomic mass is 10.1. The average Bonchev–Trinajstić information content (AvgIpc) is 2.28. The van der Waals surface area contributed by atoms with E-state index in [1.807, 2.05) is 13.8 Å². The first-order valence-corrected chi connectivity index (χ1v) is 7.08. The van der Waals surface area contributed by atoms with E-state index in [4.69, 9.17) is 10.5 Å². The molecule has 0 saturated heterocycles. The molecule has 0 bridgehead atoms. The highest BCUT2D eigenvalue weighted by molar-refractivity contribution is 7.89. The second-order valence-corrected chi connectivity index (χ2v) is 6.00. The van der Waals surface area contributed by atoms with Gasteiger partial charge < -0.3 is 10.5 Å². The van der Waals surface area contributed by atoms with Gasteiger partial charge in [-0.3, -0.25) is 0 Å². The second-order valence-electron chi connectivity index (χ2n) is 4.31. The highest BCUT2D eigenvalue weighted by atomic mass is 32.2. The maximum absolute atomic E-state index is 12.2. The lowest BCUT2D eigenvalue weighted by Gasteiger charge is -2.21. The molecule has 0 amide bonds. The summed E-state index contributed by atoms with van der Waals surface area (Å²) in [5, 5.41) is 0. The van der Waals surface area contributed by atoms with Gasteiger partial charge in [0, 0.05) is 19.3 Å². The molecule has 1 aromatic heterocycles. The molecule has 0 fully saturated rings. The summed E-state index contributed by atoms with van der Waals surface area (Å²) < 4.78 is 31.9. The Labute approximate surface area is 108 Å². The van der Waals surface area contributed by atoms with Crippen LogP contribution in [0, 0.1) is 5.92 Å². The van der Waals surface area contributed by atoms with Gasteiger partial charge in [0.15, 0.2) is 0 Å². The fourth-order valence-electron chi connectivity index (χ4n) is 1.43. The van der Waals surface area contributed by atoms with Crippen LogP contribution in [0.2, 0.25) is 0 Å². The van der Waals surface area contributed by atoms with Crippen LogP contribution in [0.15, 0.2) is 23.2 Å². The van der Waals surface area contributed by atoms with Crippen LogP contribution in [-0.4, -0.2) is 33.2 Å². The smallest absolute Gasteiger partial charge is 0.244 e. The van der Waals surface area contributed by atoms with Crippen molar-refractivity contribution in [3.05, 3.63) is 18.3 Å². The van der Waals surface area contributed by atoms with E-state index in [1.165, 1.54) is 25.4 Å². The third kappa shape index (κ3) is 3.66. The van der Waals surface area contributed by atoms with Crippen LogP contribution in [0.5, 0.6) is 0 Å². The van der Waals surface area contributed by atoms with Crippen LogP contribution in [-0.2, 0) is 14.8 Å². The number of aromatic nitrogens is 1. The fourth-order valence-corrected chi connectivity index (χ4v) is 2.89. The Morgan fingerprint density at radius 1 is 1.50 bits per heavy atom. The lowest BCUT2D eigenvalue weighted by Crippen LogP contribution is -2.41. The monoisotopic (exact) mass is 273 g/mol. The van der Waals surface area contributed by atoms with E-state index < -0.39 is 10.0 Å². The number of anilines is 1. The summed E-state index contributed by atoms with van der Waals surface area (Å²) in [6.07, 6.45) is 1.45. The number of hydrogen-bond acceptors (Lipinski definition) is 5. The molecule has 6 nitrogen and oxygen atoms in total. The molecule has 0 saturated carbocycles. The summed E-state index contributed by atoms with van der Waals surface area (Å²) >= 11 is 0. The summed E-state index contributed by atoms with van der Waals surface area (Å²) in [5.41, 5.74) is 5.57. The molecule has 0 aliphatic rings. The Morgan fingerprint density at radius 3 is 2.67 bits per heavy atom. The zero-order valence-corrected chi connectivity index (χ0v) is 11.6. The number of nitrogens with one attached hydrogen (secondary N) is 1. The normalized spacial score (nSPS) is 13.8. The SMILES string of the molecule is COCC(NS(=O)(=O)c1cccnc1N)C(C)C. The highest BCUT2D eigenvalue weighted by Gasteiger charge is 2.24. The van der Waals surface area contributed by atoms with Crippen molar-refractivity contribution in [3.8, 4) is 0 Å². The van der Waals surface area contributed by atoms with Crippen molar-refractivity contribution in [2.75, 3.05) is 19.5 Å². The Bertz CT molecular complexity index is 488. The lowest BCUT2D eigenvalue weighted by molar-refractivity contribution is 0.157. The molecule has 0 aliphatic heterocycles. The van der Waals surface area contributed by atoms with Crippen LogP contribution in [0.3, 0.4) is 0 Å². The number of methoxy groups -OCH3 is 1. The summed E-state index contributed by atoms with van der Waals surface area (Å²) in [5.74, 6) is 0.0996. The Kier molecular flexibility index (Phi) is 5.06. The summed E-state index contributed by atoms with van der Waals surface area (Å²) in [6.45, 7) is 4.13. The topological polar surface area (TPSA) is 94.3 Å². The average molecular weight is 273 g/mol. The summed E-state index contributed by atoms with van der Waals surface area (Å²) in [7, 11) is -2.15. The standard InChI is InChI=1S/C11H19N3O3S/c1-8(2)9(7-17-3)14-18(15,16)10-5-4-6-13-11(10)12/h4-6,8-9,14H,7H2,1-3H3,(H2,12,13). The van der Waals surface area contributed by atoms with Gasteiger partial charge >= 0.3 is 0 Å². The zero-order valence-electron chi connectivity index (χ0n) is 10.8. The van der Waals surface area contributed by atoms with Gasteiger partial charge in [0.1, 0.15) is 10.7 Å². The number of nitrogen functional groups attached to an aromatic ring is 1. The van der Waals surface area contributed by atoms with Crippen molar-refractivity contribution in [2.24, 2.45) is 5.92 Å². The van der Waals surface area contributed by atoms with Gasteiger partial charge in [0.2, 0.25) is 10.0 Å². The van der Waals surface area contributed by atoms with E-state index in [0.29, 0.717) is 6.61 Å². The molecule has 1 rings (SSSR count). The third-order valence-corrected chi connectivity index (χ3v) is 4.08. The Morgan fingerprint density at radius 2 is 2.17 bits per heavy atom. The fraction of sp³-hybridized carbons (Fsp3) is 0.545. The first-order valence-electron chi connectivity index (χ1n) is 5.60. The predicted octanol–water partition coefficient (Wildman–Crippen LogP) is 0.613. The second kappa shape index (κ2) is 6.12. The third-order valence-electron chi connectivity index (χ3n) is 2.55. The minimum Gasteiger partial charge on any atom is -0.383 e. The molecule has 1 aromatic rings. The molecule has 1 unspecified atom stereocenters. The molecule has 18 heavy (non-hydrogen) atoms. The molecule has 102 valence electrons. The summed E-state index contributed by atoms with van der Waals surface area (Å²) in [4.78, 5) is 3.76. The maximum atomic E-state index is 12.2. The Hall–Kier alpha value is -1.18. The van der Waals surface area contributed by atoms with E-state index in [0.717, 1.165) is 0 Å². The number of hydrogen-bond donors (Lipinski definition) is 2. The van der Waals surface area contributed by atoms with E-state index >= 15 is 0 Å². The van der Waals surface area contributed by atoms with Gasteiger partial charge in [-0.15, -0.1) is 0 Å². The predicted molar refractivity (Wildman–Crippen MR) is 69.5 cm³/mol.